The number of benzene rings is 1. The molecule has 8 heteroatoms. The third-order valence-corrected chi connectivity index (χ3v) is 5.16. The maximum absolute atomic E-state index is 13.2. The Balaban J connectivity index is 1.89. The molecule has 0 fully saturated rings. The summed E-state index contributed by atoms with van der Waals surface area (Å²) in [5.41, 5.74) is 2.55. The number of imidazole rings is 1. The number of pyridine rings is 1. The molecule has 0 aliphatic rings. The van der Waals surface area contributed by atoms with Gasteiger partial charge in [0.2, 0.25) is 5.28 Å². The van der Waals surface area contributed by atoms with Crippen LogP contribution in [0.1, 0.15) is 19.4 Å². The number of fused-ring (bicyclic) bond motifs is 2. The van der Waals surface area contributed by atoms with Crippen LogP contribution in [0.5, 0.6) is 0 Å². The molecule has 0 amide bonds. The minimum atomic E-state index is -0.433. The molecule has 0 radical (unpaired) electrons. The minimum Gasteiger partial charge on any atom is -0.305 e. The van der Waals surface area contributed by atoms with Crippen molar-refractivity contribution in [3.63, 3.8) is 0 Å². The fourth-order valence-corrected chi connectivity index (χ4v) is 3.56. The van der Waals surface area contributed by atoms with Crippen molar-refractivity contribution in [1.29, 1.82) is 0 Å². The van der Waals surface area contributed by atoms with E-state index in [1.54, 1.807) is 17.8 Å². The Labute approximate surface area is 171 Å². The highest BCUT2D eigenvalue weighted by Crippen LogP contribution is 2.17. The number of aromatic nitrogens is 5. The van der Waals surface area contributed by atoms with Gasteiger partial charge in [0.05, 0.1) is 12.1 Å². The van der Waals surface area contributed by atoms with Gasteiger partial charge in [-0.3, -0.25) is 18.9 Å². The van der Waals surface area contributed by atoms with Gasteiger partial charge in [-0.15, -0.1) is 0 Å². The van der Waals surface area contributed by atoms with Crippen molar-refractivity contribution in [2.45, 2.75) is 26.9 Å². The number of halogens is 1. The Morgan fingerprint density at radius 2 is 1.97 bits per heavy atom. The van der Waals surface area contributed by atoms with E-state index in [9.17, 15) is 9.59 Å². The van der Waals surface area contributed by atoms with E-state index in [1.807, 2.05) is 50.3 Å². The SMILES string of the molecule is CC(C)=CCn1c(Cl)nc2c1c(=O)n(Cc1ccc3ncccc3c1)c(=O)n2C. The second kappa shape index (κ2) is 7.33. The largest absolute Gasteiger partial charge is 0.332 e. The van der Waals surface area contributed by atoms with E-state index in [1.165, 1.54) is 9.13 Å². The highest BCUT2D eigenvalue weighted by atomic mass is 35.5. The molecule has 0 N–H and O–H groups in total. The standard InChI is InChI=1S/C21H20ClN5O2/c1-13(2)8-10-26-17-18(24-20(26)22)25(3)21(29)27(19(17)28)12-14-6-7-16-15(11-14)5-4-9-23-16/h4-9,11H,10,12H2,1-3H3. The van der Waals surface area contributed by atoms with Crippen molar-refractivity contribution in [1.82, 2.24) is 23.7 Å². The van der Waals surface area contributed by atoms with Crippen LogP contribution < -0.4 is 11.2 Å². The highest BCUT2D eigenvalue weighted by Gasteiger charge is 2.19. The maximum atomic E-state index is 13.2. The molecule has 0 aliphatic heterocycles. The molecular formula is C21H20ClN5O2. The average molecular weight is 410 g/mol. The number of aryl methyl sites for hydroxylation is 1. The average Bonchev–Trinajstić information content (AvgIpc) is 3.04. The Morgan fingerprint density at radius 1 is 1.17 bits per heavy atom. The summed E-state index contributed by atoms with van der Waals surface area (Å²) in [6.45, 7) is 4.50. The summed E-state index contributed by atoms with van der Waals surface area (Å²) in [7, 11) is 1.60. The van der Waals surface area contributed by atoms with Crippen molar-refractivity contribution in [3.8, 4) is 0 Å². The number of nitrogens with zero attached hydrogens (tertiary/aromatic N) is 5. The highest BCUT2D eigenvalue weighted by molar-refractivity contribution is 6.29. The lowest BCUT2D eigenvalue weighted by Crippen LogP contribution is -2.40. The Morgan fingerprint density at radius 3 is 2.72 bits per heavy atom. The number of hydrogen-bond acceptors (Lipinski definition) is 4. The zero-order valence-electron chi connectivity index (χ0n) is 16.4. The van der Waals surface area contributed by atoms with Crippen molar-refractivity contribution >= 4 is 33.7 Å². The molecule has 0 atom stereocenters. The van der Waals surface area contributed by atoms with Gasteiger partial charge < -0.3 is 4.57 Å². The monoisotopic (exact) mass is 409 g/mol. The molecule has 7 nitrogen and oxygen atoms in total. The summed E-state index contributed by atoms with van der Waals surface area (Å²) in [6, 6.07) is 9.50. The molecule has 0 unspecified atom stereocenters. The van der Waals surface area contributed by atoms with Crippen LogP contribution in [0.15, 0.2) is 57.8 Å². The van der Waals surface area contributed by atoms with Crippen LogP contribution in [0, 0.1) is 0 Å². The zero-order chi connectivity index (χ0) is 20.7. The molecule has 1 aromatic carbocycles. The molecule has 4 rings (SSSR count). The third-order valence-electron chi connectivity index (χ3n) is 4.88. The van der Waals surface area contributed by atoms with Crippen LogP contribution in [0.4, 0.5) is 0 Å². The molecule has 4 aromatic rings. The lowest BCUT2D eigenvalue weighted by atomic mass is 10.1. The molecule has 3 heterocycles. The first kappa shape index (κ1) is 19.1. The van der Waals surface area contributed by atoms with Crippen LogP contribution >= 0.6 is 11.6 Å². The van der Waals surface area contributed by atoms with E-state index in [2.05, 4.69) is 9.97 Å². The summed E-state index contributed by atoms with van der Waals surface area (Å²) in [5.74, 6) is 0. The molecule has 0 aliphatic carbocycles. The van der Waals surface area contributed by atoms with Gasteiger partial charge in [0.15, 0.2) is 11.2 Å². The lowest BCUT2D eigenvalue weighted by Gasteiger charge is -2.10. The van der Waals surface area contributed by atoms with Crippen LogP contribution in [-0.4, -0.2) is 23.7 Å². The zero-order valence-corrected chi connectivity index (χ0v) is 17.1. The molecule has 0 spiro atoms. The van der Waals surface area contributed by atoms with E-state index in [-0.39, 0.29) is 17.5 Å². The van der Waals surface area contributed by atoms with Crippen LogP contribution in [-0.2, 0) is 20.1 Å². The van der Waals surface area contributed by atoms with Gasteiger partial charge in [-0.05, 0) is 49.2 Å². The van der Waals surface area contributed by atoms with E-state index < -0.39 is 11.2 Å². The predicted octanol–water partition coefficient (Wildman–Crippen LogP) is 3.11. The minimum absolute atomic E-state index is 0.151. The summed E-state index contributed by atoms with van der Waals surface area (Å²) in [5, 5.41) is 1.13. The molecule has 29 heavy (non-hydrogen) atoms. The van der Waals surface area contributed by atoms with Crippen molar-refractivity contribution in [3.05, 3.63) is 79.9 Å². The van der Waals surface area contributed by atoms with E-state index in [0.717, 1.165) is 22.0 Å². The van der Waals surface area contributed by atoms with Gasteiger partial charge in [-0.2, -0.15) is 4.98 Å². The van der Waals surface area contributed by atoms with Gasteiger partial charge in [0, 0.05) is 25.2 Å². The summed E-state index contributed by atoms with van der Waals surface area (Å²) >= 11 is 6.28. The fraction of sp³-hybridized carbons (Fsp3) is 0.238. The van der Waals surface area contributed by atoms with E-state index >= 15 is 0 Å². The predicted molar refractivity (Wildman–Crippen MR) is 115 cm³/mol. The maximum Gasteiger partial charge on any atom is 0.332 e. The fourth-order valence-electron chi connectivity index (χ4n) is 3.33. The first-order chi connectivity index (χ1) is 13.9. The smallest absolute Gasteiger partial charge is 0.305 e. The van der Waals surface area contributed by atoms with Crippen LogP contribution in [0.25, 0.3) is 22.1 Å². The van der Waals surface area contributed by atoms with E-state index in [4.69, 9.17) is 11.6 Å². The number of allylic oxidation sites excluding steroid dienone is 2. The van der Waals surface area contributed by atoms with Gasteiger partial charge in [-0.25, -0.2) is 4.79 Å². The van der Waals surface area contributed by atoms with Gasteiger partial charge in [0.25, 0.3) is 5.56 Å². The lowest BCUT2D eigenvalue weighted by molar-refractivity contribution is 0.654. The molecule has 0 saturated heterocycles. The van der Waals surface area contributed by atoms with Gasteiger partial charge >= 0.3 is 5.69 Å². The Hall–Kier alpha value is -3.19. The van der Waals surface area contributed by atoms with E-state index in [0.29, 0.717) is 12.1 Å². The van der Waals surface area contributed by atoms with Crippen LogP contribution in [0.3, 0.4) is 0 Å². The quantitative estimate of drug-likeness (QED) is 0.383. The number of hydrogen-bond donors (Lipinski definition) is 0. The normalized spacial score (nSPS) is 11.3. The summed E-state index contributed by atoms with van der Waals surface area (Å²) < 4.78 is 4.22. The Bertz CT molecular complexity index is 1390. The molecule has 148 valence electrons. The second-order valence-corrected chi connectivity index (χ2v) is 7.55. The van der Waals surface area contributed by atoms with Crippen molar-refractivity contribution in [2.24, 2.45) is 7.05 Å². The number of rotatable bonds is 4. The molecule has 0 bridgehead atoms. The van der Waals surface area contributed by atoms with Crippen LogP contribution in [0.2, 0.25) is 5.28 Å². The summed E-state index contributed by atoms with van der Waals surface area (Å²) in [4.78, 5) is 34.7. The third kappa shape index (κ3) is 3.38. The first-order valence-electron chi connectivity index (χ1n) is 9.19. The topological polar surface area (TPSA) is 74.7 Å². The van der Waals surface area contributed by atoms with Crippen molar-refractivity contribution < 1.29 is 0 Å². The van der Waals surface area contributed by atoms with Gasteiger partial charge in [0.1, 0.15) is 0 Å². The first-order valence-corrected chi connectivity index (χ1v) is 9.57. The molecule has 3 aromatic heterocycles. The van der Waals surface area contributed by atoms with Crippen molar-refractivity contribution in [2.75, 3.05) is 0 Å². The second-order valence-electron chi connectivity index (χ2n) is 7.21. The summed E-state index contributed by atoms with van der Waals surface area (Å²) in [6.07, 6.45) is 3.69. The van der Waals surface area contributed by atoms with Gasteiger partial charge in [-0.1, -0.05) is 23.8 Å². The molecular weight excluding hydrogens is 390 g/mol. The molecule has 0 saturated carbocycles. The Kier molecular flexibility index (Phi) is 4.84.